The highest BCUT2D eigenvalue weighted by Gasteiger charge is 2.07. The predicted molar refractivity (Wildman–Crippen MR) is 76.7 cm³/mol. The van der Waals surface area contributed by atoms with Gasteiger partial charge in [0.2, 0.25) is 0 Å². The monoisotopic (exact) mass is 342 g/mol. The van der Waals surface area contributed by atoms with E-state index in [0.29, 0.717) is 0 Å². The van der Waals surface area contributed by atoms with Crippen LogP contribution in [-0.2, 0) is 18.9 Å². The van der Waals surface area contributed by atoms with Gasteiger partial charge < -0.3 is 39.4 Å². The summed E-state index contributed by atoms with van der Waals surface area (Å²) < 4.78 is 19.1. The van der Waals surface area contributed by atoms with Gasteiger partial charge in [0, 0.05) is 11.1 Å². The van der Waals surface area contributed by atoms with E-state index in [4.69, 9.17) is 18.9 Å². The third-order valence-electron chi connectivity index (χ3n) is 2.38. The molecule has 8 heteroatoms. The second-order valence-corrected chi connectivity index (χ2v) is 4.06. The van der Waals surface area contributed by atoms with Crippen molar-refractivity contribution >= 4 is 0 Å². The van der Waals surface area contributed by atoms with Crippen LogP contribution in [0.15, 0.2) is 47.1 Å². The molecule has 0 rings (SSSR count). The van der Waals surface area contributed by atoms with Crippen molar-refractivity contribution in [3.63, 3.8) is 0 Å². The second-order valence-electron chi connectivity index (χ2n) is 4.06. The summed E-state index contributed by atoms with van der Waals surface area (Å²) in [6.45, 7) is 6.43. The van der Waals surface area contributed by atoms with E-state index >= 15 is 0 Å². The molecule has 0 N–H and O–H groups in total. The van der Waals surface area contributed by atoms with E-state index < -0.39 is 34.9 Å². The summed E-state index contributed by atoms with van der Waals surface area (Å²) in [6, 6.07) is 0. The number of allylic oxidation sites excluding steroid dienone is 4. The van der Waals surface area contributed by atoms with Crippen molar-refractivity contribution in [1.29, 1.82) is 0 Å². The van der Waals surface area contributed by atoms with Crippen LogP contribution in [0.3, 0.4) is 0 Å². The Bertz CT molecular complexity index is 456. The molecule has 0 fully saturated rings. The fraction of sp³-hybridized carbons (Fsp3) is 0.500. The van der Waals surface area contributed by atoms with E-state index in [0.717, 1.165) is 12.2 Å². The topological polar surface area (TPSA) is 129 Å². The molecule has 0 bridgehead atoms. The van der Waals surface area contributed by atoms with Crippen molar-refractivity contribution in [2.45, 2.75) is 27.7 Å². The van der Waals surface area contributed by atoms with Gasteiger partial charge in [-0.3, -0.25) is 0 Å². The maximum atomic E-state index is 12.1. The predicted octanol–water partition coefficient (Wildman–Crippen LogP) is -1.32. The molecule has 0 aromatic carbocycles. The summed E-state index contributed by atoms with van der Waals surface area (Å²) in [6.07, 6.45) is 1.56. The summed E-state index contributed by atoms with van der Waals surface area (Å²) >= 11 is 0. The van der Waals surface area contributed by atoms with Gasteiger partial charge >= 0.3 is 0 Å². The third-order valence-corrected chi connectivity index (χ3v) is 2.38. The van der Waals surface area contributed by atoms with Crippen LogP contribution in [0.1, 0.15) is 27.7 Å². The van der Waals surface area contributed by atoms with Crippen molar-refractivity contribution in [2.24, 2.45) is 0 Å². The van der Waals surface area contributed by atoms with Crippen molar-refractivity contribution in [3.8, 4) is 0 Å². The molecule has 0 saturated heterocycles. The minimum absolute atomic E-state index is 0.00844. The second kappa shape index (κ2) is 11.9. The van der Waals surface area contributed by atoms with E-state index in [2.05, 4.69) is 0 Å². The van der Waals surface area contributed by atoms with Gasteiger partial charge in [-0.2, -0.15) is 0 Å². The van der Waals surface area contributed by atoms with Gasteiger partial charge in [-0.1, -0.05) is 27.7 Å². The summed E-state index contributed by atoms with van der Waals surface area (Å²) in [5.74, 6) is -3.65. The van der Waals surface area contributed by atoms with E-state index in [9.17, 15) is 20.4 Å². The lowest BCUT2D eigenvalue weighted by Crippen LogP contribution is -2.19. The summed E-state index contributed by atoms with van der Waals surface area (Å²) in [5, 5.41) is 47.5. The minimum Gasteiger partial charge on any atom is -0.614 e. The molecule has 0 heterocycles. The number of rotatable bonds is 11. The molecule has 0 aliphatic rings. The van der Waals surface area contributed by atoms with Crippen molar-refractivity contribution in [3.05, 3.63) is 47.1 Å². The molecule has 0 amide bonds. The highest BCUT2D eigenvalue weighted by Crippen LogP contribution is 2.21. The fourth-order valence-corrected chi connectivity index (χ4v) is 1.51. The Labute approximate surface area is 141 Å². The molecule has 0 aliphatic carbocycles. The molecule has 0 unspecified atom stereocenters. The molecule has 0 saturated carbocycles. The highest BCUT2D eigenvalue weighted by molar-refractivity contribution is 5.47. The maximum Gasteiger partial charge on any atom is 0.0594 e. The molecule has 138 valence electrons. The molecular formula is C16H22O8-4. The van der Waals surface area contributed by atoms with Crippen LogP contribution in [-0.4, -0.2) is 26.4 Å². The van der Waals surface area contributed by atoms with Gasteiger partial charge in [0.1, 0.15) is 0 Å². The lowest BCUT2D eigenvalue weighted by molar-refractivity contribution is -0.365. The van der Waals surface area contributed by atoms with Gasteiger partial charge in [-0.15, -0.1) is 0 Å². The van der Waals surface area contributed by atoms with Crippen LogP contribution in [0.25, 0.3) is 0 Å². The zero-order chi connectivity index (χ0) is 18.5. The highest BCUT2D eigenvalue weighted by atomic mass is 16.6. The maximum absolute atomic E-state index is 12.1. The standard InChI is InChI=1S/C16H26O8/c1-5-21-13(17)9-11(15(19)23-7-3)12(16(20)24-8-4)10-14(18)22-6-2/h9-10,17-20H,5-8H2,1-4H3/p-4. The number of hydrogen-bond donors (Lipinski definition) is 0. The first-order valence-corrected chi connectivity index (χ1v) is 7.52. The van der Waals surface area contributed by atoms with Crippen LogP contribution in [0.4, 0.5) is 0 Å². The van der Waals surface area contributed by atoms with Crippen LogP contribution in [0, 0.1) is 0 Å². The molecule has 0 aromatic heterocycles. The van der Waals surface area contributed by atoms with Crippen molar-refractivity contribution in [2.75, 3.05) is 26.4 Å². The van der Waals surface area contributed by atoms with Gasteiger partial charge in [0.05, 0.1) is 23.8 Å². The van der Waals surface area contributed by atoms with Crippen LogP contribution in [0.5, 0.6) is 0 Å². The lowest BCUT2D eigenvalue weighted by atomic mass is 10.1. The van der Waals surface area contributed by atoms with Crippen molar-refractivity contribution in [1.82, 2.24) is 0 Å². The van der Waals surface area contributed by atoms with Gasteiger partial charge in [0.15, 0.2) is 0 Å². The van der Waals surface area contributed by atoms with E-state index in [1.165, 1.54) is 0 Å². The Hall–Kier alpha value is -2.64. The summed E-state index contributed by atoms with van der Waals surface area (Å²) in [5.41, 5.74) is -0.886. The number of ether oxygens (including phenoxy) is 4. The number of hydrogen-bond acceptors (Lipinski definition) is 8. The molecule has 0 atom stereocenters. The third kappa shape index (κ3) is 7.57. The van der Waals surface area contributed by atoms with E-state index in [1.807, 2.05) is 0 Å². The Morgan fingerprint density at radius 3 is 1.12 bits per heavy atom. The lowest BCUT2D eigenvalue weighted by Gasteiger charge is -2.25. The summed E-state index contributed by atoms with van der Waals surface area (Å²) in [4.78, 5) is 0. The minimum atomic E-state index is -0.964. The molecule has 0 spiro atoms. The normalized spacial score (nSPS) is 14.5. The van der Waals surface area contributed by atoms with Crippen LogP contribution >= 0.6 is 0 Å². The van der Waals surface area contributed by atoms with Gasteiger partial charge in [-0.25, -0.2) is 0 Å². The molecule has 0 aliphatic heterocycles. The van der Waals surface area contributed by atoms with Crippen LogP contribution in [0.2, 0.25) is 0 Å². The summed E-state index contributed by atoms with van der Waals surface area (Å²) in [7, 11) is 0. The van der Waals surface area contributed by atoms with Gasteiger partial charge in [0.25, 0.3) is 0 Å². The Balaban J connectivity index is 6.19. The average Bonchev–Trinajstić information content (AvgIpc) is 2.51. The zero-order valence-electron chi connectivity index (χ0n) is 14.2. The molecule has 8 nitrogen and oxygen atoms in total. The Morgan fingerprint density at radius 2 is 0.875 bits per heavy atom. The first-order chi connectivity index (χ1) is 11.4. The first kappa shape index (κ1) is 21.4. The van der Waals surface area contributed by atoms with Crippen LogP contribution < -0.4 is 20.4 Å². The first-order valence-electron chi connectivity index (χ1n) is 7.52. The Kier molecular flexibility index (Phi) is 10.6. The van der Waals surface area contributed by atoms with Crippen molar-refractivity contribution < 1.29 is 39.4 Å². The molecule has 24 heavy (non-hydrogen) atoms. The smallest absolute Gasteiger partial charge is 0.0594 e. The Morgan fingerprint density at radius 1 is 0.583 bits per heavy atom. The molecule has 0 aromatic rings. The largest absolute Gasteiger partial charge is 0.614 e. The van der Waals surface area contributed by atoms with Gasteiger partial charge in [-0.05, 0) is 38.6 Å². The molecule has 0 radical (unpaired) electrons. The SMILES string of the molecule is CCOC([O-])=CC(=C([O-])OCC)C(C=C([O-])OCC)=C([O-])OCC. The van der Waals surface area contributed by atoms with E-state index in [-0.39, 0.29) is 26.4 Å². The van der Waals surface area contributed by atoms with E-state index in [1.54, 1.807) is 27.7 Å². The fourth-order valence-electron chi connectivity index (χ4n) is 1.51. The average molecular weight is 342 g/mol. The quantitative estimate of drug-likeness (QED) is 0.334. The zero-order valence-corrected chi connectivity index (χ0v) is 14.2. The molecular weight excluding hydrogens is 320 g/mol.